The smallest absolute Gasteiger partial charge is 0.0330 e. The molecule has 0 radical (unpaired) electrons. The molecular formula is C13H24N2S. The number of thiophene rings is 1. The molecule has 0 aliphatic carbocycles. The predicted octanol–water partition coefficient (Wildman–Crippen LogP) is 2.86. The summed E-state index contributed by atoms with van der Waals surface area (Å²) in [6.45, 7) is 12.8. The van der Waals surface area contributed by atoms with Crippen molar-refractivity contribution in [3.8, 4) is 0 Å². The highest BCUT2D eigenvalue weighted by Crippen LogP contribution is 2.21. The van der Waals surface area contributed by atoms with E-state index in [9.17, 15) is 0 Å². The minimum Gasteiger partial charge on any atom is -0.330 e. The SMILES string of the molecule is CCN(Cc1sccc1C)CC(C)(C)CN. The zero-order valence-corrected chi connectivity index (χ0v) is 11.7. The Hall–Kier alpha value is -0.380. The summed E-state index contributed by atoms with van der Waals surface area (Å²) in [6.07, 6.45) is 0. The average Bonchev–Trinajstić information content (AvgIpc) is 2.63. The van der Waals surface area contributed by atoms with Crippen LogP contribution in [0.15, 0.2) is 11.4 Å². The molecule has 0 saturated carbocycles. The number of nitrogens with two attached hydrogens (primary N) is 1. The number of hydrogen-bond donors (Lipinski definition) is 1. The standard InChI is InChI=1S/C13H24N2S/c1-5-15(10-13(3,4)9-14)8-12-11(2)6-7-16-12/h6-7H,5,8-10,14H2,1-4H3. The third-order valence-corrected chi connectivity index (χ3v) is 3.99. The van der Waals surface area contributed by atoms with Crippen LogP contribution in [0.3, 0.4) is 0 Å². The summed E-state index contributed by atoms with van der Waals surface area (Å²) in [5, 5.41) is 2.17. The molecule has 0 saturated heterocycles. The van der Waals surface area contributed by atoms with Gasteiger partial charge in [-0.3, -0.25) is 4.90 Å². The molecule has 92 valence electrons. The molecule has 0 atom stereocenters. The van der Waals surface area contributed by atoms with Crippen molar-refractivity contribution in [2.45, 2.75) is 34.2 Å². The summed E-state index contributed by atoms with van der Waals surface area (Å²) in [5.41, 5.74) is 7.41. The Morgan fingerprint density at radius 2 is 2.12 bits per heavy atom. The second-order valence-electron chi connectivity index (χ2n) is 5.20. The van der Waals surface area contributed by atoms with Crippen molar-refractivity contribution < 1.29 is 0 Å². The van der Waals surface area contributed by atoms with E-state index in [4.69, 9.17) is 5.73 Å². The molecule has 2 N–H and O–H groups in total. The van der Waals surface area contributed by atoms with Crippen LogP contribution in [-0.2, 0) is 6.54 Å². The Bertz CT molecular complexity index is 317. The van der Waals surface area contributed by atoms with E-state index in [-0.39, 0.29) is 5.41 Å². The lowest BCUT2D eigenvalue weighted by atomic mass is 9.93. The van der Waals surface area contributed by atoms with Crippen LogP contribution in [-0.4, -0.2) is 24.5 Å². The van der Waals surface area contributed by atoms with Gasteiger partial charge in [0.1, 0.15) is 0 Å². The molecule has 0 aliphatic heterocycles. The molecule has 0 aliphatic rings. The van der Waals surface area contributed by atoms with E-state index in [1.54, 1.807) is 0 Å². The highest BCUT2D eigenvalue weighted by molar-refractivity contribution is 7.10. The van der Waals surface area contributed by atoms with Gasteiger partial charge in [0.2, 0.25) is 0 Å². The van der Waals surface area contributed by atoms with Crippen molar-refractivity contribution in [2.75, 3.05) is 19.6 Å². The molecule has 1 rings (SSSR count). The number of nitrogens with zero attached hydrogens (tertiary/aromatic N) is 1. The van der Waals surface area contributed by atoms with Crippen molar-refractivity contribution in [1.29, 1.82) is 0 Å². The Kier molecular flexibility index (Phi) is 4.96. The summed E-state index contributed by atoms with van der Waals surface area (Å²) in [5.74, 6) is 0. The molecule has 0 unspecified atom stereocenters. The zero-order valence-electron chi connectivity index (χ0n) is 10.9. The largest absolute Gasteiger partial charge is 0.330 e. The van der Waals surface area contributed by atoms with E-state index in [1.807, 2.05) is 11.3 Å². The summed E-state index contributed by atoms with van der Waals surface area (Å²) in [6, 6.07) is 2.20. The molecule has 1 heterocycles. The predicted molar refractivity (Wildman–Crippen MR) is 72.8 cm³/mol. The first kappa shape index (κ1) is 13.7. The number of hydrogen-bond acceptors (Lipinski definition) is 3. The summed E-state index contributed by atoms with van der Waals surface area (Å²) in [4.78, 5) is 3.96. The average molecular weight is 240 g/mol. The Balaban J connectivity index is 2.59. The van der Waals surface area contributed by atoms with Gasteiger partial charge in [-0.05, 0) is 42.4 Å². The lowest BCUT2D eigenvalue weighted by Gasteiger charge is -2.30. The van der Waals surface area contributed by atoms with Gasteiger partial charge >= 0.3 is 0 Å². The van der Waals surface area contributed by atoms with Crippen LogP contribution in [0.25, 0.3) is 0 Å². The van der Waals surface area contributed by atoms with E-state index in [0.29, 0.717) is 0 Å². The third-order valence-electron chi connectivity index (χ3n) is 2.99. The second-order valence-corrected chi connectivity index (χ2v) is 6.20. The maximum atomic E-state index is 5.79. The summed E-state index contributed by atoms with van der Waals surface area (Å²) < 4.78 is 0. The monoisotopic (exact) mass is 240 g/mol. The van der Waals surface area contributed by atoms with Crippen LogP contribution in [0.2, 0.25) is 0 Å². The first-order valence-electron chi connectivity index (χ1n) is 5.94. The van der Waals surface area contributed by atoms with E-state index >= 15 is 0 Å². The fourth-order valence-corrected chi connectivity index (χ4v) is 2.67. The maximum Gasteiger partial charge on any atom is 0.0330 e. The highest BCUT2D eigenvalue weighted by atomic mass is 32.1. The second kappa shape index (κ2) is 5.80. The molecule has 0 spiro atoms. The third kappa shape index (κ3) is 3.89. The topological polar surface area (TPSA) is 29.3 Å². The van der Waals surface area contributed by atoms with E-state index in [0.717, 1.165) is 26.2 Å². The van der Waals surface area contributed by atoms with Gasteiger partial charge in [0.05, 0.1) is 0 Å². The summed E-state index contributed by atoms with van der Waals surface area (Å²) in [7, 11) is 0. The van der Waals surface area contributed by atoms with Gasteiger partial charge in [0, 0.05) is 18.0 Å². The zero-order chi connectivity index (χ0) is 12.2. The van der Waals surface area contributed by atoms with Gasteiger partial charge in [0.25, 0.3) is 0 Å². The van der Waals surface area contributed by atoms with Crippen LogP contribution >= 0.6 is 11.3 Å². The van der Waals surface area contributed by atoms with Gasteiger partial charge in [-0.2, -0.15) is 0 Å². The van der Waals surface area contributed by atoms with Gasteiger partial charge in [-0.15, -0.1) is 11.3 Å². The quantitative estimate of drug-likeness (QED) is 0.828. The molecule has 0 bridgehead atoms. The van der Waals surface area contributed by atoms with Crippen molar-refractivity contribution in [1.82, 2.24) is 4.90 Å². The fraction of sp³-hybridized carbons (Fsp3) is 0.692. The highest BCUT2D eigenvalue weighted by Gasteiger charge is 2.19. The molecular weight excluding hydrogens is 216 g/mol. The lowest BCUT2D eigenvalue weighted by Crippen LogP contribution is -2.38. The molecule has 1 aromatic heterocycles. The molecule has 0 amide bonds. The van der Waals surface area contributed by atoms with Crippen LogP contribution in [0, 0.1) is 12.3 Å². The molecule has 0 aromatic carbocycles. The van der Waals surface area contributed by atoms with E-state index in [1.165, 1.54) is 10.4 Å². The Morgan fingerprint density at radius 3 is 2.56 bits per heavy atom. The minimum absolute atomic E-state index is 0.209. The van der Waals surface area contributed by atoms with Crippen LogP contribution in [0.1, 0.15) is 31.2 Å². The van der Waals surface area contributed by atoms with E-state index in [2.05, 4.69) is 44.0 Å². The normalized spacial score (nSPS) is 12.4. The Morgan fingerprint density at radius 1 is 1.44 bits per heavy atom. The van der Waals surface area contributed by atoms with Gasteiger partial charge < -0.3 is 5.73 Å². The van der Waals surface area contributed by atoms with Gasteiger partial charge in [-0.25, -0.2) is 0 Å². The minimum atomic E-state index is 0.209. The number of rotatable bonds is 6. The molecule has 16 heavy (non-hydrogen) atoms. The Labute approximate surface area is 103 Å². The first-order chi connectivity index (χ1) is 7.48. The van der Waals surface area contributed by atoms with Crippen LogP contribution < -0.4 is 5.73 Å². The van der Waals surface area contributed by atoms with Crippen molar-refractivity contribution in [2.24, 2.45) is 11.1 Å². The van der Waals surface area contributed by atoms with E-state index < -0.39 is 0 Å². The fourth-order valence-electron chi connectivity index (χ4n) is 1.72. The van der Waals surface area contributed by atoms with Crippen LogP contribution in [0.5, 0.6) is 0 Å². The summed E-state index contributed by atoms with van der Waals surface area (Å²) >= 11 is 1.85. The van der Waals surface area contributed by atoms with Crippen LogP contribution in [0.4, 0.5) is 0 Å². The molecule has 3 heteroatoms. The molecule has 2 nitrogen and oxygen atoms in total. The maximum absolute atomic E-state index is 5.79. The van der Waals surface area contributed by atoms with Crippen molar-refractivity contribution in [3.63, 3.8) is 0 Å². The first-order valence-corrected chi connectivity index (χ1v) is 6.82. The van der Waals surface area contributed by atoms with Crippen molar-refractivity contribution >= 4 is 11.3 Å². The lowest BCUT2D eigenvalue weighted by molar-refractivity contribution is 0.184. The van der Waals surface area contributed by atoms with Gasteiger partial charge in [0.15, 0.2) is 0 Å². The number of aryl methyl sites for hydroxylation is 1. The van der Waals surface area contributed by atoms with Gasteiger partial charge in [-0.1, -0.05) is 20.8 Å². The van der Waals surface area contributed by atoms with Crippen molar-refractivity contribution in [3.05, 3.63) is 21.9 Å². The molecule has 0 fully saturated rings. The molecule has 1 aromatic rings.